The van der Waals surface area contributed by atoms with E-state index in [1.54, 1.807) is 36.5 Å². The third-order valence-corrected chi connectivity index (χ3v) is 2.86. The first kappa shape index (κ1) is 13.1. The van der Waals surface area contributed by atoms with E-state index in [4.69, 9.17) is 33.0 Å². The monoisotopic (exact) mass is 283 g/mol. The number of pyridine rings is 1. The number of ether oxygens (including phenoxy) is 1. The van der Waals surface area contributed by atoms with Crippen molar-refractivity contribution in [2.24, 2.45) is 0 Å². The molecule has 0 aliphatic rings. The topological polar surface area (TPSA) is 42.4 Å². The lowest BCUT2D eigenvalue weighted by Gasteiger charge is -2.08. The molecule has 3 nitrogen and oxygen atoms in total. The molecule has 94 valence electrons. The number of aliphatic hydroxyl groups is 1. The SMILES string of the molecule is OCc1ccnc(COc2ccc(Cl)cc2Cl)c1. The van der Waals surface area contributed by atoms with Crippen LogP contribution in [0, 0.1) is 0 Å². The van der Waals surface area contributed by atoms with E-state index in [0.717, 1.165) is 11.3 Å². The fourth-order valence-electron chi connectivity index (χ4n) is 1.45. The Balaban J connectivity index is 2.06. The van der Waals surface area contributed by atoms with Crippen molar-refractivity contribution < 1.29 is 9.84 Å². The van der Waals surface area contributed by atoms with Crippen LogP contribution >= 0.6 is 23.2 Å². The minimum Gasteiger partial charge on any atom is -0.486 e. The molecule has 0 spiro atoms. The maximum atomic E-state index is 9.02. The van der Waals surface area contributed by atoms with Crippen molar-refractivity contribution in [3.05, 3.63) is 57.8 Å². The van der Waals surface area contributed by atoms with Crippen LogP contribution in [0.3, 0.4) is 0 Å². The van der Waals surface area contributed by atoms with E-state index in [0.29, 0.717) is 15.8 Å². The number of rotatable bonds is 4. The van der Waals surface area contributed by atoms with Gasteiger partial charge in [0.1, 0.15) is 12.4 Å². The molecule has 0 aliphatic carbocycles. The number of aromatic nitrogens is 1. The number of hydrogen-bond acceptors (Lipinski definition) is 3. The molecule has 0 fully saturated rings. The van der Waals surface area contributed by atoms with Gasteiger partial charge in [0.2, 0.25) is 0 Å². The number of nitrogens with zero attached hydrogens (tertiary/aromatic N) is 1. The minimum atomic E-state index is -0.0166. The molecule has 1 N–H and O–H groups in total. The molecule has 0 aliphatic heterocycles. The molecule has 0 atom stereocenters. The quantitative estimate of drug-likeness (QED) is 0.934. The van der Waals surface area contributed by atoms with E-state index in [9.17, 15) is 0 Å². The highest BCUT2D eigenvalue weighted by molar-refractivity contribution is 6.35. The van der Waals surface area contributed by atoms with Crippen molar-refractivity contribution in [2.45, 2.75) is 13.2 Å². The maximum absolute atomic E-state index is 9.02. The van der Waals surface area contributed by atoms with Gasteiger partial charge >= 0.3 is 0 Å². The van der Waals surface area contributed by atoms with Crippen LogP contribution in [0.2, 0.25) is 10.0 Å². The average Bonchev–Trinajstić information content (AvgIpc) is 2.38. The van der Waals surface area contributed by atoms with E-state index in [1.165, 1.54) is 0 Å². The van der Waals surface area contributed by atoms with Crippen LogP contribution in [0.4, 0.5) is 0 Å². The van der Waals surface area contributed by atoms with Crippen molar-refractivity contribution >= 4 is 23.2 Å². The predicted octanol–water partition coefficient (Wildman–Crippen LogP) is 3.46. The van der Waals surface area contributed by atoms with E-state index in [2.05, 4.69) is 4.98 Å². The normalized spacial score (nSPS) is 10.4. The number of benzene rings is 1. The lowest BCUT2D eigenvalue weighted by Crippen LogP contribution is -1.99. The van der Waals surface area contributed by atoms with Crippen LogP contribution in [0.25, 0.3) is 0 Å². The Morgan fingerprint density at radius 1 is 1.17 bits per heavy atom. The molecule has 0 radical (unpaired) electrons. The highest BCUT2D eigenvalue weighted by Gasteiger charge is 2.04. The highest BCUT2D eigenvalue weighted by atomic mass is 35.5. The first-order valence-electron chi connectivity index (χ1n) is 5.31. The molecule has 0 unspecified atom stereocenters. The van der Waals surface area contributed by atoms with E-state index in [1.807, 2.05) is 0 Å². The van der Waals surface area contributed by atoms with E-state index in [-0.39, 0.29) is 13.2 Å². The lowest BCUT2D eigenvalue weighted by molar-refractivity contribution is 0.279. The second kappa shape index (κ2) is 6.05. The summed E-state index contributed by atoms with van der Waals surface area (Å²) in [6.45, 7) is 0.270. The largest absolute Gasteiger partial charge is 0.486 e. The Bertz CT molecular complexity index is 546. The molecule has 1 aromatic heterocycles. The molecular formula is C13H11Cl2NO2. The van der Waals surface area contributed by atoms with Crippen LogP contribution < -0.4 is 4.74 Å². The third kappa shape index (κ3) is 3.35. The van der Waals surface area contributed by atoms with Crippen molar-refractivity contribution in [1.29, 1.82) is 0 Å². The zero-order valence-electron chi connectivity index (χ0n) is 9.44. The van der Waals surface area contributed by atoms with Gasteiger partial charge in [0.05, 0.1) is 17.3 Å². The van der Waals surface area contributed by atoms with Gasteiger partial charge in [-0.3, -0.25) is 4.98 Å². The molecule has 0 amide bonds. The molecular weight excluding hydrogens is 273 g/mol. The maximum Gasteiger partial charge on any atom is 0.138 e. The summed E-state index contributed by atoms with van der Waals surface area (Å²) in [5, 5.41) is 10.0. The first-order valence-corrected chi connectivity index (χ1v) is 6.07. The molecule has 1 heterocycles. The Morgan fingerprint density at radius 2 is 2.00 bits per heavy atom. The summed E-state index contributed by atoms with van der Waals surface area (Å²) in [5.41, 5.74) is 1.53. The zero-order chi connectivity index (χ0) is 13.0. The number of aliphatic hydroxyl groups excluding tert-OH is 1. The van der Waals surface area contributed by atoms with Gasteiger partial charge in [0, 0.05) is 11.2 Å². The Morgan fingerprint density at radius 3 is 2.72 bits per heavy atom. The molecule has 1 aromatic carbocycles. The highest BCUT2D eigenvalue weighted by Crippen LogP contribution is 2.28. The van der Waals surface area contributed by atoms with Crippen LogP contribution in [-0.4, -0.2) is 10.1 Å². The van der Waals surface area contributed by atoms with Gasteiger partial charge in [-0.25, -0.2) is 0 Å². The second-order valence-electron chi connectivity index (χ2n) is 3.68. The molecule has 2 aromatic rings. The Hall–Kier alpha value is -1.29. The van der Waals surface area contributed by atoms with Crippen molar-refractivity contribution in [3.8, 4) is 5.75 Å². The van der Waals surface area contributed by atoms with E-state index >= 15 is 0 Å². The summed E-state index contributed by atoms with van der Waals surface area (Å²) in [6, 6.07) is 8.57. The van der Waals surface area contributed by atoms with Crippen LogP contribution in [0.1, 0.15) is 11.3 Å². The molecule has 18 heavy (non-hydrogen) atoms. The molecule has 5 heteroatoms. The number of hydrogen-bond donors (Lipinski definition) is 1. The lowest BCUT2D eigenvalue weighted by atomic mass is 10.2. The van der Waals surface area contributed by atoms with Crippen LogP contribution in [0.5, 0.6) is 5.75 Å². The Labute approximate surface area is 115 Å². The predicted molar refractivity (Wildman–Crippen MR) is 71.0 cm³/mol. The fourth-order valence-corrected chi connectivity index (χ4v) is 1.91. The van der Waals surface area contributed by atoms with Crippen molar-refractivity contribution in [2.75, 3.05) is 0 Å². The van der Waals surface area contributed by atoms with Gasteiger partial charge in [-0.05, 0) is 35.9 Å². The standard InChI is InChI=1S/C13H11Cl2NO2/c14-10-1-2-13(12(15)6-10)18-8-11-5-9(7-17)3-4-16-11/h1-6,17H,7-8H2. The summed E-state index contributed by atoms with van der Waals surface area (Å²) in [7, 11) is 0. The Kier molecular flexibility index (Phi) is 4.42. The summed E-state index contributed by atoms with van der Waals surface area (Å²) in [6.07, 6.45) is 1.63. The number of halogens is 2. The summed E-state index contributed by atoms with van der Waals surface area (Å²) < 4.78 is 5.54. The first-order chi connectivity index (χ1) is 8.69. The van der Waals surface area contributed by atoms with Gasteiger partial charge in [0.25, 0.3) is 0 Å². The van der Waals surface area contributed by atoms with Gasteiger partial charge in [0.15, 0.2) is 0 Å². The molecule has 0 bridgehead atoms. The van der Waals surface area contributed by atoms with Gasteiger partial charge in [-0.2, -0.15) is 0 Å². The summed E-state index contributed by atoms with van der Waals surface area (Å²) in [4.78, 5) is 4.14. The summed E-state index contributed by atoms with van der Waals surface area (Å²) in [5.74, 6) is 0.553. The summed E-state index contributed by atoms with van der Waals surface area (Å²) >= 11 is 11.8. The van der Waals surface area contributed by atoms with Crippen LogP contribution in [-0.2, 0) is 13.2 Å². The van der Waals surface area contributed by atoms with Gasteiger partial charge < -0.3 is 9.84 Å². The van der Waals surface area contributed by atoms with Crippen LogP contribution in [0.15, 0.2) is 36.5 Å². The van der Waals surface area contributed by atoms with E-state index < -0.39 is 0 Å². The third-order valence-electron chi connectivity index (χ3n) is 2.33. The smallest absolute Gasteiger partial charge is 0.138 e. The van der Waals surface area contributed by atoms with Gasteiger partial charge in [-0.1, -0.05) is 23.2 Å². The second-order valence-corrected chi connectivity index (χ2v) is 4.52. The zero-order valence-corrected chi connectivity index (χ0v) is 10.9. The average molecular weight is 284 g/mol. The minimum absolute atomic E-state index is 0.0166. The molecule has 0 saturated carbocycles. The molecule has 0 saturated heterocycles. The fraction of sp³-hybridized carbons (Fsp3) is 0.154. The molecule has 2 rings (SSSR count). The van der Waals surface area contributed by atoms with Crippen molar-refractivity contribution in [1.82, 2.24) is 4.98 Å². The van der Waals surface area contributed by atoms with Crippen molar-refractivity contribution in [3.63, 3.8) is 0 Å². The van der Waals surface area contributed by atoms with Gasteiger partial charge in [-0.15, -0.1) is 0 Å².